The van der Waals surface area contributed by atoms with Crippen LogP contribution in [0.15, 0.2) is 0 Å². The molecule has 0 bridgehead atoms. The molecule has 1 rings (SSSR count). The zero-order valence-corrected chi connectivity index (χ0v) is 11.7. The Morgan fingerprint density at radius 1 is 1.19 bits per heavy atom. The smallest absolute Gasteiger partial charge is 0.185 e. The Morgan fingerprint density at radius 2 is 1.88 bits per heavy atom. The fraction of sp³-hybridized carbons (Fsp3) is 0.750. The van der Waals surface area contributed by atoms with E-state index in [0.29, 0.717) is 0 Å². The lowest BCUT2D eigenvalue weighted by molar-refractivity contribution is 0.727. The van der Waals surface area contributed by atoms with Gasteiger partial charge in [-0.25, -0.2) is 4.98 Å². The predicted molar refractivity (Wildman–Crippen MR) is 72.4 cm³/mol. The van der Waals surface area contributed by atoms with Crippen molar-refractivity contribution in [3.8, 4) is 0 Å². The molecule has 1 N–H and O–H groups in total. The largest absolute Gasteiger partial charge is 0.349 e. The summed E-state index contributed by atoms with van der Waals surface area (Å²) in [4.78, 5) is 8.44. The molecule has 1 heterocycles. The fourth-order valence-electron chi connectivity index (χ4n) is 1.65. The fourth-order valence-corrected chi connectivity index (χ4v) is 2.90. The van der Waals surface area contributed by atoms with Gasteiger partial charge in [0.1, 0.15) is 0 Å². The van der Waals surface area contributed by atoms with Gasteiger partial charge in [-0.1, -0.05) is 13.8 Å². The standard InChI is InChI=1S/C12H23N3S/c1-5-10-11(9-13-6-2)16-12(14-10)15(7-3)8-4/h13H,5-9H2,1-4H3. The second-order valence-electron chi connectivity index (χ2n) is 3.67. The van der Waals surface area contributed by atoms with E-state index < -0.39 is 0 Å². The van der Waals surface area contributed by atoms with Crippen molar-refractivity contribution < 1.29 is 0 Å². The van der Waals surface area contributed by atoms with Crippen LogP contribution >= 0.6 is 11.3 Å². The minimum Gasteiger partial charge on any atom is -0.349 e. The Balaban J connectivity index is 2.83. The van der Waals surface area contributed by atoms with Gasteiger partial charge in [0.25, 0.3) is 0 Å². The van der Waals surface area contributed by atoms with Crippen LogP contribution < -0.4 is 10.2 Å². The van der Waals surface area contributed by atoms with E-state index in [9.17, 15) is 0 Å². The van der Waals surface area contributed by atoms with Crippen molar-refractivity contribution in [2.75, 3.05) is 24.5 Å². The maximum absolute atomic E-state index is 4.73. The first-order valence-corrected chi connectivity index (χ1v) is 7.02. The van der Waals surface area contributed by atoms with E-state index in [1.165, 1.54) is 15.7 Å². The molecule has 0 amide bonds. The SMILES string of the molecule is CCNCc1sc(N(CC)CC)nc1CC. The van der Waals surface area contributed by atoms with Crippen molar-refractivity contribution in [3.63, 3.8) is 0 Å². The molecular formula is C12H23N3S. The molecular weight excluding hydrogens is 218 g/mol. The first-order chi connectivity index (χ1) is 7.76. The Labute approximate surface area is 103 Å². The molecule has 4 heteroatoms. The third kappa shape index (κ3) is 3.19. The van der Waals surface area contributed by atoms with E-state index in [2.05, 4.69) is 37.9 Å². The monoisotopic (exact) mass is 241 g/mol. The quantitative estimate of drug-likeness (QED) is 0.795. The number of anilines is 1. The summed E-state index contributed by atoms with van der Waals surface area (Å²) in [5.74, 6) is 0. The van der Waals surface area contributed by atoms with Crippen molar-refractivity contribution in [2.24, 2.45) is 0 Å². The molecule has 3 nitrogen and oxygen atoms in total. The van der Waals surface area contributed by atoms with Crippen LogP contribution in [-0.2, 0) is 13.0 Å². The molecule has 92 valence electrons. The Hall–Kier alpha value is -0.610. The van der Waals surface area contributed by atoms with Gasteiger partial charge in [-0.2, -0.15) is 0 Å². The molecule has 0 spiro atoms. The first kappa shape index (κ1) is 13.5. The van der Waals surface area contributed by atoms with Crippen molar-refractivity contribution in [1.29, 1.82) is 0 Å². The number of hydrogen-bond donors (Lipinski definition) is 1. The van der Waals surface area contributed by atoms with Crippen LogP contribution in [-0.4, -0.2) is 24.6 Å². The van der Waals surface area contributed by atoms with Gasteiger partial charge in [0.15, 0.2) is 5.13 Å². The van der Waals surface area contributed by atoms with Gasteiger partial charge in [-0.15, -0.1) is 11.3 Å². The number of rotatable bonds is 7. The van der Waals surface area contributed by atoms with Crippen LogP contribution in [0.1, 0.15) is 38.3 Å². The summed E-state index contributed by atoms with van der Waals surface area (Å²) in [6.07, 6.45) is 1.03. The molecule has 0 saturated carbocycles. The highest BCUT2D eigenvalue weighted by Gasteiger charge is 2.12. The van der Waals surface area contributed by atoms with E-state index in [1.54, 1.807) is 0 Å². The average molecular weight is 241 g/mol. The third-order valence-electron chi connectivity index (χ3n) is 2.67. The molecule has 0 saturated heterocycles. The summed E-state index contributed by atoms with van der Waals surface area (Å²) in [5.41, 5.74) is 1.26. The summed E-state index contributed by atoms with van der Waals surface area (Å²) >= 11 is 1.83. The molecule has 0 atom stereocenters. The van der Waals surface area contributed by atoms with Gasteiger partial charge < -0.3 is 10.2 Å². The Bertz CT molecular complexity index is 305. The van der Waals surface area contributed by atoms with Crippen LogP contribution in [0.4, 0.5) is 5.13 Å². The first-order valence-electron chi connectivity index (χ1n) is 6.20. The van der Waals surface area contributed by atoms with Crippen LogP contribution in [0, 0.1) is 0 Å². The minimum absolute atomic E-state index is 0.957. The zero-order chi connectivity index (χ0) is 12.0. The summed E-state index contributed by atoms with van der Waals surface area (Å²) in [7, 11) is 0. The maximum atomic E-state index is 4.73. The van der Waals surface area contributed by atoms with Crippen LogP contribution in [0.3, 0.4) is 0 Å². The summed E-state index contributed by atoms with van der Waals surface area (Å²) in [6, 6.07) is 0. The van der Waals surface area contributed by atoms with E-state index in [4.69, 9.17) is 4.98 Å². The van der Waals surface area contributed by atoms with E-state index in [0.717, 1.165) is 32.6 Å². The number of aromatic nitrogens is 1. The number of hydrogen-bond acceptors (Lipinski definition) is 4. The van der Waals surface area contributed by atoms with E-state index >= 15 is 0 Å². The third-order valence-corrected chi connectivity index (χ3v) is 3.83. The Kier molecular flexibility index (Phi) is 5.77. The molecule has 0 aliphatic heterocycles. The van der Waals surface area contributed by atoms with Gasteiger partial charge in [-0.3, -0.25) is 0 Å². The minimum atomic E-state index is 0.957. The van der Waals surface area contributed by atoms with Gasteiger partial charge >= 0.3 is 0 Å². The number of nitrogens with one attached hydrogen (secondary N) is 1. The molecule has 1 aromatic heterocycles. The second kappa shape index (κ2) is 6.86. The van der Waals surface area contributed by atoms with Crippen molar-refractivity contribution in [2.45, 2.75) is 40.7 Å². The molecule has 0 aliphatic carbocycles. The second-order valence-corrected chi connectivity index (χ2v) is 4.73. The number of nitrogens with zero attached hydrogens (tertiary/aromatic N) is 2. The van der Waals surface area contributed by atoms with Crippen LogP contribution in [0.25, 0.3) is 0 Å². The van der Waals surface area contributed by atoms with E-state index in [1.807, 2.05) is 11.3 Å². The average Bonchev–Trinajstić information content (AvgIpc) is 2.71. The highest BCUT2D eigenvalue weighted by molar-refractivity contribution is 7.15. The van der Waals surface area contributed by atoms with Crippen molar-refractivity contribution in [1.82, 2.24) is 10.3 Å². The van der Waals surface area contributed by atoms with Crippen molar-refractivity contribution in [3.05, 3.63) is 10.6 Å². The predicted octanol–water partition coefficient (Wildman–Crippen LogP) is 2.66. The summed E-state index contributed by atoms with van der Waals surface area (Å²) < 4.78 is 0. The molecule has 1 aromatic rings. The van der Waals surface area contributed by atoms with Gasteiger partial charge in [0.2, 0.25) is 0 Å². The summed E-state index contributed by atoms with van der Waals surface area (Å²) in [6.45, 7) is 12.7. The van der Waals surface area contributed by atoms with Gasteiger partial charge in [0, 0.05) is 24.5 Å². The molecule has 16 heavy (non-hydrogen) atoms. The molecule has 0 unspecified atom stereocenters. The highest BCUT2D eigenvalue weighted by atomic mass is 32.1. The Morgan fingerprint density at radius 3 is 2.38 bits per heavy atom. The lowest BCUT2D eigenvalue weighted by atomic mass is 10.3. The zero-order valence-electron chi connectivity index (χ0n) is 10.8. The highest BCUT2D eigenvalue weighted by Crippen LogP contribution is 2.26. The number of aryl methyl sites for hydroxylation is 1. The van der Waals surface area contributed by atoms with Crippen LogP contribution in [0.5, 0.6) is 0 Å². The molecule has 0 aromatic carbocycles. The van der Waals surface area contributed by atoms with Gasteiger partial charge in [-0.05, 0) is 26.8 Å². The molecule has 0 aliphatic rings. The molecule has 0 radical (unpaired) electrons. The summed E-state index contributed by atoms with van der Waals surface area (Å²) in [5, 5.41) is 4.56. The lowest BCUT2D eigenvalue weighted by Gasteiger charge is -2.16. The lowest BCUT2D eigenvalue weighted by Crippen LogP contribution is -2.21. The van der Waals surface area contributed by atoms with Crippen molar-refractivity contribution >= 4 is 16.5 Å². The maximum Gasteiger partial charge on any atom is 0.185 e. The normalized spacial score (nSPS) is 10.8. The number of thiazole rings is 1. The topological polar surface area (TPSA) is 28.2 Å². The molecule has 0 fully saturated rings. The van der Waals surface area contributed by atoms with Gasteiger partial charge in [0.05, 0.1) is 5.69 Å². The van der Waals surface area contributed by atoms with E-state index in [-0.39, 0.29) is 0 Å². The van der Waals surface area contributed by atoms with Crippen LogP contribution in [0.2, 0.25) is 0 Å².